The van der Waals surface area contributed by atoms with Crippen LogP contribution in [0, 0.1) is 5.92 Å². The minimum atomic E-state index is -0.00807. The lowest BCUT2D eigenvalue weighted by atomic mass is 9.97. The molecule has 0 bridgehead atoms. The largest absolute Gasteiger partial charge is 0.324 e. The molecule has 0 spiro atoms. The SMILES string of the molecule is CNCC1CCN(CC(=O)Nc2ccc(Br)cc2Cl)CC1. The Morgan fingerprint density at radius 1 is 1.43 bits per heavy atom. The lowest BCUT2D eigenvalue weighted by Gasteiger charge is -2.31. The van der Waals surface area contributed by atoms with Gasteiger partial charge in [-0.1, -0.05) is 27.5 Å². The topological polar surface area (TPSA) is 44.4 Å². The highest BCUT2D eigenvalue weighted by Crippen LogP contribution is 2.25. The van der Waals surface area contributed by atoms with E-state index in [4.69, 9.17) is 11.6 Å². The molecule has 1 aliphatic heterocycles. The van der Waals surface area contributed by atoms with Gasteiger partial charge in [-0.3, -0.25) is 9.69 Å². The quantitative estimate of drug-likeness (QED) is 0.833. The fourth-order valence-electron chi connectivity index (χ4n) is 2.62. The smallest absolute Gasteiger partial charge is 0.238 e. The molecular formula is C15H21BrClN3O. The summed E-state index contributed by atoms with van der Waals surface area (Å²) < 4.78 is 0.900. The fourth-order valence-corrected chi connectivity index (χ4v) is 3.34. The van der Waals surface area contributed by atoms with Gasteiger partial charge >= 0.3 is 0 Å². The van der Waals surface area contributed by atoms with Crippen molar-refractivity contribution in [1.82, 2.24) is 10.2 Å². The fraction of sp³-hybridized carbons (Fsp3) is 0.533. The standard InChI is InChI=1S/C15H21BrClN3O/c1-18-9-11-4-6-20(7-5-11)10-15(21)19-14-3-2-12(16)8-13(14)17/h2-3,8,11,18H,4-7,9-10H2,1H3,(H,19,21). The van der Waals surface area contributed by atoms with Gasteiger partial charge in [-0.25, -0.2) is 0 Å². The lowest BCUT2D eigenvalue weighted by Crippen LogP contribution is -2.40. The first-order valence-electron chi connectivity index (χ1n) is 7.20. The minimum absolute atomic E-state index is 0.00807. The lowest BCUT2D eigenvalue weighted by molar-refractivity contribution is -0.117. The van der Waals surface area contributed by atoms with E-state index in [0.717, 1.165) is 42.9 Å². The predicted molar refractivity (Wildman–Crippen MR) is 90.9 cm³/mol. The number of carbonyl (C=O) groups is 1. The highest BCUT2D eigenvalue weighted by atomic mass is 79.9. The zero-order valence-corrected chi connectivity index (χ0v) is 14.5. The van der Waals surface area contributed by atoms with E-state index in [1.165, 1.54) is 0 Å². The predicted octanol–water partition coefficient (Wildman–Crippen LogP) is 2.97. The minimum Gasteiger partial charge on any atom is -0.324 e. The number of halogens is 2. The number of nitrogens with zero attached hydrogens (tertiary/aromatic N) is 1. The van der Waals surface area contributed by atoms with Crippen LogP contribution in [0.25, 0.3) is 0 Å². The van der Waals surface area contributed by atoms with Crippen molar-refractivity contribution in [2.75, 3.05) is 38.5 Å². The number of piperidine rings is 1. The summed E-state index contributed by atoms with van der Waals surface area (Å²) in [6, 6.07) is 5.45. The van der Waals surface area contributed by atoms with Gasteiger partial charge in [0, 0.05) is 4.47 Å². The second-order valence-corrected chi connectivity index (χ2v) is 6.77. The van der Waals surface area contributed by atoms with E-state index in [-0.39, 0.29) is 5.91 Å². The molecule has 0 aliphatic carbocycles. The van der Waals surface area contributed by atoms with Crippen LogP contribution in [0.3, 0.4) is 0 Å². The van der Waals surface area contributed by atoms with E-state index in [9.17, 15) is 4.79 Å². The van der Waals surface area contributed by atoms with Crippen molar-refractivity contribution in [3.8, 4) is 0 Å². The zero-order chi connectivity index (χ0) is 15.2. The molecule has 2 rings (SSSR count). The summed E-state index contributed by atoms with van der Waals surface area (Å²) in [7, 11) is 1.99. The van der Waals surface area contributed by atoms with Gasteiger partial charge in [0.25, 0.3) is 0 Å². The molecule has 116 valence electrons. The van der Waals surface area contributed by atoms with Crippen molar-refractivity contribution in [2.45, 2.75) is 12.8 Å². The second-order valence-electron chi connectivity index (χ2n) is 5.45. The maximum absolute atomic E-state index is 12.1. The van der Waals surface area contributed by atoms with E-state index in [1.807, 2.05) is 19.2 Å². The van der Waals surface area contributed by atoms with E-state index in [0.29, 0.717) is 17.3 Å². The Morgan fingerprint density at radius 2 is 2.14 bits per heavy atom. The molecule has 21 heavy (non-hydrogen) atoms. The number of rotatable bonds is 5. The molecule has 1 saturated heterocycles. The van der Waals surface area contributed by atoms with Crippen LogP contribution < -0.4 is 10.6 Å². The van der Waals surface area contributed by atoms with Gasteiger partial charge < -0.3 is 10.6 Å². The molecule has 0 atom stereocenters. The summed E-state index contributed by atoms with van der Waals surface area (Å²) in [5, 5.41) is 6.64. The van der Waals surface area contributed by atoms with Gasteiger partial charge in [0.05, 0.1) is 17.3 Å². The first kappa shape index (κ1) is 16.7. The molecule has 2 N–H and O–H groups in total. The van der Waals surface area contributed by atoms with Crippen molar-refractivity contribution in [2.24, 2.45) is 5.92 Å². The molecule has 1 aliphatic rings. The third-order valence-electron chi connectivity index (χ3n) is 3.77. The Balaban J connectivity index is 1.80. The zero-order valence-electron chi connectivity index (χ0n) is 12.2. The molecule has 1 fully saturated rings. The van der Waals surface area contributed by atoms with Crippen molar-refractivity contribution in [3.05, 3.63) is 27.7 Å². The molecule has 0 aromatic heterocycles. The summed E-state index contributed by atoms with van der Waals surface area (Å²) in [6.45, 7) is 3.45. The average molecular weight is 375 g/mol. The Morgan fingerprint density at radius 3 is 2.76 bits per heavy atom. The van der Waals surface area contributed by atoms with E-state index in [1.54, 1.807) is 6.07 Å². The van der Waals surface area contributed by atoms with Crippen LogP contribution in [0.1, 0.15) is 12.8 Å². The van der Waals surface area contributed by atoms with Crippen LogP contribution in [0.5, 0.6) is 0 Å². The Kier molecular flexibility index (Phi) is 6.48. The van der Waals surface area contributed by atoms with Crippen LogP contribution in [0.2, 0.25) is 5.02 Å². The number of amides is 1. The maximum Gasteiger partial charge on any atom is 0.238 e. The molecule has 1 aromatic rings. The number of anilines is 1. The highest BCUT2D eigenvalue weighted by molar-refractivity contribution is 9.10. The third kappa shape index (κ3) is 5.25. The van der Waals surface area contributed by atoms with Crippen LogP contribution in [0.15, 0.2) is 22.7 Å². The maximum atomic E-state index is 12.1. The average Bonchev–Trinajstić information content (AvgIpc) is 2.44. The summed E-state index contributed by atoms with van der Waals surface area (Å²) in [4.78, 5) is 14.3. The molecule has 1 amide bonds. The highest BCUT2D eigenvalue weighted by Gasteiger charge is 2.20. The first-order valence-corrected chi connectivity index (χ1v) is 8.37. The Bertz CT molecular complexity index is 490. The van der Waals surface area contributed by atoms with Crippen molar-refractivity contribution >= 4 is 39.1 Å². The molecule has 1 aromatic carbocycles. The van der Waals surface area contributed by atoms with Crippen LogP contribution in [0.4, 0.5) is 5.69 Å². The summed E-state index contributed by atoms with van der Waals surface area (Å²) in [5.74, 6) is 0.724. The van der Waals surface area contributed by atoms with Gasteiger partial charge in [0.15, 0.2) is 0 Å². The van der Waals surface area contributed by atoms with Gasteiger partial charge in [-0.2, -0.15) is 0 Å². The summed E-state index contributed by atoms with van der Waals surface area (Å²) in [6.07, 6.45) is 2.29. The van der Waals surface area contributed by atoms with Crippen molar-refractivity contribution in [3.63, 3.8) is 0 Å². The third-order valence-corrected chi connectivity index (χ3v) is 4.58. The summed E-state index contributed by atoms with van der Waals surface area (Å²) >= 11 is 9.45. The molecule has 1 heterocycles. The number of nitrogens with one attached hydrogen (secondary N) is 2. The Labute approximate surface area is 139 Å². The Hall–Kier alpha value is -0.620. The number of hydrogen-bond acceptors (Lipinski definition) is 3. The number of hydrogen-bond donors (Lipinski definition) is 2. The molecule has 6 heteroatoms. The van der Waals surface area contributed by atoms with Gasteiger partial charge in [0.1, 0.15) is 0 Å². The van der Waals surface area contributed by atoms with Crippen LogP contribution >= 0.6 is 27.5 Å². The number of carbonyl (C=O) groups excluding carboxylic acids is 1. The molecule has 0 unspecified atom stereocenters. The van der Waals surface area contributed by atoms with E-state index >= 15 is 0 Å². The number of likely N-dealkylation sites (tertiary alicyclic amines) is 1. The monoisotopic (exact) mass is 373 g/mol. The molecule has 0 radical (unpaired) electrons. The van der Waals surface area contributed by atoms with E-state index in [2.05, 4.69) is 31.5 Å². The van der Waals surface area contributed by atoms with Crippen molar-refractivity contribution < 1.29 is 4.79 Å². The number of benzene rings is 1. The van der Waals surface area contributed by atoms with Gasteiger partial charge in [-0.15, -0.1) is 0 Å². The first-order chi connectivity index (χ1) is 10.1. The normalized spacial score (nSPS) is 16.9. The summed E-state index contributed by atoms with van der Waals surface area (Å²) in [5.41, 5.74) is 0.662. The van der Waals surface area contributed by atoms with Crippen LogP contribution in [-0.2, 0) is 4.79 Å². The van der Waals surface area contributed by atoms with Crippen LogP contribution in [-0.4, -0.2) is 44.0 Å². The molecule has 0 saturated carbocycles. The van der Waals surface area contributed by atoms with Gasteiger partial charge in [0.2, 0.25) is 5.91 Å². The van der Waals surface area contributed by atoms with Gasteiger partial charge in [-0.05, 0) is 63.6 Å². The van der Waals surface area contributed by atoms with Crippen molar-refractivity contribution in [1.29, 1.82) is 0 Å². The second kappa shape index (κ2) is 8.13. The van der Waals surface area contributed by atoms with E-state index < -0.39 is 0 Å². The molecule has 4 nitrogen and oxygen atoms in total. The molecular weight excluding hydrogens is 354 g/mol.